The molecule has 0 aromatic rings. The summed E-state index contributed by atoms with van der Waals surface area (Å²) >= 11 is 0. The van der Waals surface area contributed by atoms with Crippen molar-refractivity contribution >= 4 is 17.9 Å². The largest absolute Gasteiger partial charge is 0.462 e. The van der Waals surface area contributed by atoms with E-state index in [1.807, 2.05) is 0 Å². The van der Waals surface area contributed by atoms with E-state index in [0.717, 1.165) is 122 Å². The van der Waals surface area contributed by atoms with E-state index in [1.54, 1.807) is 0 Å². The average Bonchev–Trinajstić information content (AvgIpc) is 3.37. The van der Waals surface area contributed by atoms with E-state index in [1.165, 1.54) is 70.6 Å². The SMILES string of the molecule is CC/C=C\C/C=C\C/C=C\C/C=C\C/C=C\CCCC(=O)OC(COC(=O)CCCCCC/C=C\C/C=C\C/C=C\C/C=C\CC)COC(=O)CCCCCCCCCCC/C=C\C/C=C\CCCCC. The van der Waals surface area contributed by atoms with Crippen molar-refractivity contribution < 1.29 is 28.6 Å². The Balaban J connectivity index is 4.53. The first-order chi connectivity index (χ1) is 35.0. The van der Waals surface area contributed by atoms with E-state index in [2.05, 4.69) is 154 Å². The van der Waals surface area contributed by atoms with Gasteiger partial charge in [0, 0.05) is 19.3 Å². The fraction of sp³-hybridized carbons (Fsp3) is 0.615. The predicted molar refractivity (Wildman–Crippen MR) is 306 cm³/mol. The van der Waals surface area contributed by atoms with Gasteiger partial charge < -0.3 is 14.2 Å². The highest BCUT2D eigenvalue weighted by atomic mass is 16.6. The van der Waals surface area contributed by atoms with Gasteiger partial charge in [-0.25, -0.2) is 0 Å². The van der Waals surface area contributed by atoms with Gasteiger partial charge in [0.15, 0.2) is 6.10 Å². The van der Waals surface area contributed by atoms with Gasteiger partial charge in [-0.05, 0) is 128 Å². The molecule has 0 N–H and O–H groups in total. The maximum Gasteiger partial charge on any atom is 0.306 e. The summed E-state index contributed by atoms with van der Waals surface area (Å²) in [4.78, 5) is 38.2. The van der Waals surface area contributed by atoms with Gasteiger partial charge in [-0.15, -0.1) is 0 Å². The van der Waals surface area contributed by atoms with E-state index in [9.17, 15) is 14.4 Å². The monoisotopic (exact) mass is 981 g/mol. The van der Waals surface area contributed by atoms with Crippen LogP contribution in [0.2, 0.25) is 0 Å². The molecule has 0 aliphatic rings. The lowest BCUT2D eigenvalue weighted by molar-refractivity contribution is -0.167. The topological polar surface area (TPSA) is 78.9 Å². The first kappa shape index (κ1) is 66.6. The molecule has 0 aliphatic heterocycles. The normalized spacial score (nSPS) is 13.1. The number of ether oxygens (including phenoxy) is 3. The molecule has 0 radical (unpaired) electrons. The Morgan fingerprint density at radius 3 is 0.901 bits per heavy atom. The number of hydrogen-bond acceptors (Lipinski definition) is 6. The summed E-state index contributed by atoms with van der Waals surface area (Å²) in [7, 11) is 0. The molecule has 0 bridgehead atoms. The van der Waals surface area contributed by atoms with Gasteiger partial charge in [-0.1, -0.05) is 225 Å². The molecule has 0 amide bonds. The van der Waals surface area contributed by atoms with Crippen molar-refractivity contribution in [2.24, 2.45) is 0 Å². The number of rotatable bonds is 50. The maximum atomic E-state index is 12.8. The highest BCUT2D eigenvalue weighted by Crippen LogP contribution is 2.14. The number of allylic oxidation sites excluding steroid dienone is 22. The molecule has 6 nitrogen and oxygen atoms in total. The Kier molecular flexibility index (Phi) is 54.5. The van der Waals surface area contributed by atoms with Crippen molar-refractivity contribution in [3.05, 3.63) is 134 Å². The molecule has 1 atom stereocenters. The third-order valence-electron chi connectivity index (χ3n) is 11.6. The Hall–Kier alpha value is -4.45. The highest BCUT2D eigenvalue weighted by molar-refractivity contribution is 5.71. The minimum atomic E-state index is -0.826. The summed E-state index contributed by atoms with van der Waals surface area (Å²) in [6.45, 7) is 6.31. The minimum Gasteiger partial charge on any atom is -0.462 e. The minimum absolute atomic E-state index is 0.115. The number of carbonyl (C=O) groups excluding carboxylic acids is 3. The van der Waals surface area contributed by atoms with Crippen LogP contribution in [0, 0.1) is 0 Å². The molecule has 0 spiro atoms. The molecule has 1 unspecified atom stereocenters. The van der Waals surface area contributed by atoms with Crippen molar-refractivity contribution in [3.8, 4) is 0 Å². The van der Waals surface area contributed by atoms with Crippen molar-refractivity contribution in [2.45, 2.75) is 245 Å². The number of unbranched alkanes of at least 4 members (excludes halogenated alkanes) is 17. The van der Waals surface area contributed by atoms with E-state index < -0.39 is 6.10 Å². The smallest absolute Gasteiger partial charge is 0.306 e. The van der Waals surface area contributed by atoms with Crippen LogP contribution in [-0.2, 0) is 28.6 Å². The van der Waals surface area contributed by atoms with Crippen molar-refractivity contribution in [2.75, 3.05) is 13.2 Å². The van der Waals surface area contributed by atoms with Crippen LogP contribution in [0.25, 0.3) is 0 Å². The maximum absolute atomic E-state index is 12.8. The van der Waals surface area contributed by atoms with E-state index in [0.29, 0.717) is 19.3 Å². The van der Waals surface area contributed by atoms with Gasteiger partial charge in [0.05, 0.1) is 0 Å². The molecule has 0 aromatic heterocycles. The third-order valence-corrected chi connectivity index (χ3v) is 11.6. The zero-order valence-electron chi connectivity index (χ0n) is 45.7. The van der Waals surface area contributed by atoms with Crippen molar-refractivity contribution in [1.82, 2.24) is 0 Å². The van der Waals surface area contributed by atoms with Crippen LogP contribution < -0.4 is 0 Å². The molecule has 0 aromatic carbocycles. The lowest BCUT2D eigenvalue weighted by Crippen LogP contribution is -2.30. The van der Waals surface area contributed by atoms with E-state index >= 15 is 0 Å². The summed E-state index contributed by atoms with van der Waals surface area (Å²) in [5, 5.41) is 0. The summed E-state index contributed by atoms with van der Waals surface area (Å²) in [5.41, 5.74) is 0. The molecule has 6 heteroatoms. The molecule has 400 valence electrons. The number of carbonyl (C=O) groups is 3. The predicted octanol–water partition coefficient (Wildman–Crippen LogP) is 19.4. The quantitative estimate of drug-likeness (QED) is 0.0262. The Labute approximate surface area is 436 Å². The summed E-state index contributed by atoms with van der Waals surface area (Å²) in [5.74, 6) is -1.01. The lowest BCUT2D eigenvalue weighted by Gasteiger charge is -2.18. The first-order valence-electron chi connectivity index (χ1n) is 28.7. The molecule has 0 heterocycles. The number of hydrogen-bond donors (Lipinski definition) is 0. The summed E-state index contributed by atoms with van der Waals surface area (Å²) in [6, 6.07) is 0. The summed E-state index contributed by atoms with van der Waals surface area (Å²) < 4.78 is 16.8. The van der Waals surface area contributed by atoms with Crippen LogP contribution in [0.15, 0.2) is 134 Å². The molecule has 0 rings (SSSR count). The molecule has 0 saturated carbocycles. The van der Waals surface area contributed by atoms with Crippen LogP contribution in [-0.4, -0.2) is 37.2 Å². The van der Waals surface area contributed by atoms with Gasteiger partial charge in [-0.2, -0.15) is 0 Å². The van der Waals surface area contributed by atoms with E-state index in [4.69, 9.17) is 14.2 Å². The van der Waals surface area contributed by atoms with Crippen LogP contribution in [0.5, 0.6) is 0 Å². The molecule has 0 aliphatic carbocycles. The first-order valence-corrected chi connectivity index (χ1v) is 28.7. The number of esters is 3. The molecular formula is C65H104O6. The third kappa shape index (κ3) is 56.3. The van der Waals surface area contributed by atoms with Gasteiger partial charge >= 0.3 is 17.9 Å². The van der Waals surface area contributed by atoms with Crippen molar-refractivity contribution in [1.29, 1.82) is 0 Å². The highest BCUT2D eigenvalue weighted by Gasteiger charge is 2.19. The molecule has 71 heavy (non-hydrogen) atoms. The zero-order chi connectivity index (χ0) is 51.4. The second-order valence-electron chi connectivity index (χ2n) is 18.4. The van der Waals surface area contributed by atoms with Gasteiger partial charge in [0.1, 0.15) is 13.2 Å². The zero-order valence-corrected chi connectivity index (χ0v) is 45.7. The van der Waals surface area contributed by atoms with Gasteiger partial charge in [-0.3, -0.25) is 14.4 Å². The van der Waals surface area contributed by atoms with Crippen LogP contribution in [0.4, 0.5) is 0 Å². The summed E-state index contributed by atoms with van der Waals surface area (Å²) in [6.07, 6.45) is 81.6. The van der Waals surface area contributed by atoms with Crippen molar-refractivity contribution in [3.63, 3.8) is 0 Å². The fourth-order valence-electron chi connectivity index (χ4n) is 7.38. The molecule has 0 fully saturated rings. The standard InChI is InChI=1S/C65H104O6/c1-4-7-10-13-16-19-22-25-28-31-32-35-37-40-43-46-49-52-55-58-64(67)70-61-62(71-65(68)59-56-53-50-47-44-41-38-34-30-27-24-21-18-15-12-9-6-3)60-69-63(66)57-54-51-48-45-42-39-36-33-29-26-23-20-17-14-11-8-5-2/h8-9,11-12,16-21,25-30,36,38-39,41,47,50,62H,4-7,10,13-15,22-24,31-35,37,40,42-46,48-49,51-61H2,1-3H3/b11-8-,12-9-,19-16-,20-17-,21-18-,28-25-,29-26-,30-27-,39-36-,41-38-,50-47-. The molecular weight excluding hydrogens is 877 g/mol. The second kappa shape index (κ2) is 58.1. The van der Waals surface area contributed by atoms with E-state index in [-0.39, 0.29) is 37.5 Å². The Morgan fingerprint density at radius 1 is 0.296 bits per heavy atom. The van der Waals surface area contributed by atoms with Crippen LogP contribution in [0.1, 0.15) is 239 Å². The lowest BCUT2D eigenvalue weighted by atomic mass is 10.1. The van der Waals surface area contributed by atoms with Gasteiger partial charge in [0.25, 0.3) is 0 Å². The average molecular weight is 982 g/mol. The molecule has 0 saturated heterocycles. The fourth-order valence-corrected chi connectivity index (χ4v) is 7.38. The second-order valence-corrected chi connectivity index (χ2v) is 18.4. The Morgan fingerprint density at radius 2 is 0.563 bits per heavy atom. The van der Waals surface area contributed by atoms with Crippen LogP contribution in [0.3, 0.4) is 0 Å². The Bertz CT molecular complexity index is 1550. The van der Waals surface area contributed by atoms with Crippen LogP contribution >= 0.6 is 0 Å². The van der Waals surface area contributed by atoms with Gasteiger partial charge in [0.2, 0.25) is 0 Å².